The highest BCUT2D eigenvalue weighted by Crippen LogP contribution is 2.36. The lowest BCUT2D eigenvalue weighted by molar-refractivity contribution is -0.312. The summed E-state index contributed by atoms with van der Waals surface area (Å²) in [6.45, 7) is 0.411. The van der Waals surface area contributed by atoms with Crippen LogP contribution < -0.4 is 34.4 Å². The summed E-state index contributed by atoms with van der Waals surface area (Å²) in [5.74, 6) is 0. The smallest absolute Gasteiger partial charge is 0.187 e. The first kappa shape index (κ1) is 41.0. The van der Waals surface area contributed by atoms with Crippen molar-refractivity contribution in [3.05, 3.63) is 0 Å². The first-order chi connectivity index (χ1) is 23.6. The third kappa shape index (κ3) is 8.57. The molecule has 19 heteroatoms. The molecule has 3 saturated heterocycles. The Labute approximate surface area is 288 Å². The first-order valence-electron chi connectivity index (χ1n) is 16.6. The predicted molar refractivity (Wildman–Crippen MR) is 172 cm³/mol. The fraction of sp³-hybridized carbons (Fsp3) is 1.00. The van der Waals surface area contributed by atoms with Gasteiger partial charge in [0.05, 0.1) is 18.7 Å². The van der Waals surface area contributed by atoms with Crippen LogP contribution in [0.1, 0.15) is 6.42 Å². The molecule has 0 radical (unpaired) electrons. The Balaban J connectivity index is 1.59. The van der Waals surface area contributed by atoms with Gasteiger partial charge in [-0.2, -0.15) is 0 Å². The van der Waals surface area contributed by atoms with Crippen LogP contribution in [0.4, 0.5) is 0 Å². The van der Waals surface area contributed by atoms with E-state index in [1.54, 1.807) is 21.3 Å². The summed E-state index contributed by atoms with van der Waals surface area (Å²) in [4.78, 5) is 0. The van der Waals surface area contributed by atoms with Crippen molar-refractivity contribution in [3.8, 4) is 0 Å². The van der Waals surface area contributed by atoms with E-state index in [4.69, 9.17) is 96.0 Å². The van der Waals surface area contributed by atoms with Crippen molar-refractivity contribution in [1.29, 1.82) is 0 Å². The Kier molecular flexibility index (Phi) is 15.8. The topological polar surface area (TPSA) is 276 Å². The minimum Gasteiger partial charge on any atom is -0.382 e. The minimum atomic E-state index is -1.03. The van der Waals surface area contributed by atoms with Crippen molar-refractivity contribution in [2.45, 2.75) is 123 Å². The fourth-order valence-electron chi connectivity index (χ4n) is 7.51. The molecular weight excluding hydrogens is 652 g/mol. The van der Waals surface area contributed by atoms with Crippen LogP contribution in [0.3, 0.4) is 0 Å². The van der Waals surface area contributed by atoms with Gasteiger partial charge in [0, 0.05) is 74.9 Å². The van der Waals surface area contributed by atoms with Gasteiger partial charge >= 0.3 is 0 Å². The zero-order valence-corrected chi connectivity index (χ0v) is 29.6. The van der Waals surface area contributed by atoms with Gasteiger partial charge in [-0.15, -0.1) is 0 Å². The van der Waals surface area contributed by atoms with Gasteiger partial charge < -0.3 is 96.0 Å². The Morgan fingerprint density at radius 2 is 0.857 bits per heavy atom. The molecule has 1 saturated carbocycles. The molecular formula is C30H60N6O13. The lowest BCUT2D eigenvalue weighted by Gasteiger charge is -2.49. The van der Waals surface area contributed by atoms with E-state index in [2.05, 4.69) is 0 Å². The third-order valence-corrected chi connectivity index (χ3v) is 9.99. The van der Waals surface area contributed by atoms with Crippen molar-refractivity contribution in [2.75, 3.05) is 69.5 Å². The lowest BCUT2D eigenvalue weighted by Crippen LogP contribution is -2.69. The molecule has 0 aromatic carbocycles. The van der Waals surface area contributed by atoms with Crippen molar-refractivity contribution in [3.63, 3.8) is 0 Å². The molecule has 0 aromatic rings. The Hall–Kier alpha value is -0.760. The van der Waals surface area contributed by atoms with Crippen LogP contribution in [0.25, 0.3) is 0 Å². The SMILES string of the molecule is COC[C@H]1O[C@@H](O[C@@H]2[C@@H](OC)[C@H](N)C[C@H](N)[C@H]2O[C@H]2O[C@H](CN)[C@@H](OC)[C@H](OC)[C@H]2N)[C@H](OC)[C@@H]1O[C@H]1O[C@@H](CN)[C@@H](OC)[C@H](OC)[C@H]1N. The number of hydrogen-bond donors (Lipinski definition) is 6. The van der Waals surface area contributed by atoms with Crippen LogP contribution in [-0.4, -0.2) is 186 Å². The molecule has 288 valence electrons. The summed E-state index contributed by atoms with van der Waals surface area (Å²) in [7, 11) is 10.8. The molecule has 49 heavy (non-hydrogen) atoms. The predicted octanol–water partition coefficient (Wildman–Crippen LogP) is -4.32. The minimum absolute atomic E-state index is 0.128. The number of nitrogens with two attached hydrogens (primary N) is 6. The molecule has 4 fully saturated rings. The molecule has 19 atom stereocenters. The van der Waals surface area contributed by atoms with E-state index in [1.807, 2.05) is 0 Å². The second-order valence-corrected chi connectivity index (χ2v) is 12.8. The summed E-state index contributed by atoms with van der Waals surface area (Å²) in [5, 5.41) is 0. The Morgan fingerprint density at radius 1 is 0.449 bits per heavy atom. The van der Waals surface area contributed by atoms with E-state index in [-0.39, 0.29) is 19.7 Å². The second kappa shape index (κ2) is 18.8. The molecule has 19 nitrogen and oxygen atoms in total. The van der Waals surface area contributed by atoms with Gasteiger partial charge in [-0.25, -0.2) is 0 Å². The maximum atomic E-state index is 6.69. The zero-order valence-electron chi connectivity index (χ0n) is 29.6. The molecule has 3 heterocycles. The third-order valence-electron chi connectivity index (χ3n) is 9.99. The lowest BCUT2D eigenvalue weighted by atomic mass is 9.84. The van der Waals surface area contributed by atoms with E-state index in [1.165, 1.54) is 28.4 Å². The summed E-state index contributed by atoms with van der Waals surface area (Å²) < 4.78 is 78.4. The molecule has 0 unspecified atom stereocenters. The van der Waals surface area contributed by atoms with Crippen LogP contribution in [0.15, 0.2) is 0 Å². The van der Waals surface area contributed by atoms with Gasteiger partial charge in [0.25, 0.3) is 0 Å². The van der Waals surface area contributed by atoms with Gasteiger partial charge in [-0.3, -0.25) is 0 Å². The molecule has 1 aliphatic carbocycles. The Bertz CT molecular complexity index is 983. The van der Waals surface area contributed by atoms with Gasteiger partial charge in [0.2, 0.25) is 0 Å². The molecule has 0 amide bonds. The largest absolute Gasteiger partial charge is 0.382 e. The van der Waals surface area contributed by atoms with E-state index >= 15 is 0 Å². The van der Waals surface area contributed by atoms with Crippen molar-refractivity contribution >= 4 is 0 Å². The van der Waals surface area contributed by atoms with Crippen LogP contribution in [0.5, 0.6) is 0 Å². The van der Waals surface area contributed by atoms with Gasteiger partial charge in [-0.1, -0.05) is 0 Å². The average molecular weight is 713 g/mol. The summed E-state index contributed by atoms with van der Waals surface area (Å²) >= 11 is 0. The maximum Gasteiger partial charge on any atom is 0.187 e. The molecule has 0 bridgehead atoms. The van der Waals surface area contributed by atoms with Crippen LogP contribution in [0, 0.1) is 0 Å². The highest BCUT2D eigenvalue weighted by atomic mass is 16.8. The molecule has 0 spiro atoms. The highest BCUT2D eigenvalue weighted by Gasteiger charge is 2.56. The standard InChI is InChI=1S/C30H60N6O13/c1-37-11-16-23(48-29-18(36)25(42-6)22(40-4)15(10-32)45-29)27(43-7)30(46-16)49-26-19(38-2)12(33)8-13(34)20(26)47-28-17(35)24(41-5)21(39-3)14(9-31)44-28/h12-30H,8-11,31-36H2,1-7H3/t12-,13+,14-,15+,16-,17-,18-,19+,20-,21-,22-,23-,24-,25-,26-,27-,28-,29-,30+/m1/s1. The van der Waals surface area contributed by atoms with Crippen molar-refractivity contribution < 1.29 is 61.6 Å². The van der Waals surface area contributed by atoms with Crippen molar-refractivity contribution in [2.24, 2.45) is 34.4 Å². The van der Waals surface area contributed by atoms with E-state index in [0.717, 1.165) is 0 Å². The monoisotopic (exact) mass is 712 g/mol. The summed E-state index contributed by atoms with van der Waals surface area (Å²) in [6, 6.07) is -2.61. The van der Waals surface area contributed by atoms with E-state index in [0.29, 0.717) is 6.42 Å². The number of hydrogen-bond acceptors (Lipinski definition) is 19. The number of rotatable bonds is 16. The first-order valence-corrected chi connectivity index (χ1v) is 16.6. The van der Waals surface area contributed by atoms with Gasteiger partial charge in [0.1, 0.15) is 73.2 Å². The molecule has 4 aliphatic rings. The second-order valence-electron chi connectivity index (χ2n) is 12.8. The highest BCUT2D eigenvalue weighted by molar-refractivity contribution is 5.03. The molecule has 12 N–H and O–H groups in total. The van der Waals surface area contributed by atoms with Crippen LogP contribution in [-0.2, 0) is 61.6 Å². The summed E-state index contributed by atoms with van der Waals surface area (Å²) in [5.41, 5.74) is 38.4. The number of methoxy groups -OCH3 is 7. The quantitative estimate of drug-likeness (QED) is 0.0883. The Morgan fingerprint density at radius 3 is 1.29 bits per heavy atom. The fourth-order valence-corrected chi connectivity index (χ4v) is 7.51. The normalized spacial score (nSPS) is 47.8. The van der Waals surface area contributed by atoms with Gasteiger partial charge in [0.15, 0.2) is 18.9 Å². The summed E-state index contributed by atoms with van der Waals surface area (Å²) in [6.07, 6.45) is -10.5. The van der Waals surface area contributed by atoms with E-state index < -0.39 is 116 Å². The zero-order chi connectivity index (χ0) is 36.0. The van der Waals surface area contributed by atoms with Crippen LogP contribution in [0.2, 0.25) is 0 Å². The molecule has 4 rings (SSSR count). The molecule has 0 aromatic heterocycles. The van der Waals surface area contributed by atoms with Crippen LogP contribution >= 0.6 is 0 Å². The van der Waals surface area contributed by atoms with Crippen molar-refractivity contribution in [1.82, 2.24) is 0 Å². The average Bonchev–Trinajstić information content (AvgIpc) is 3.41. The van der Waals surface area contributed by atoms with Gasteiger partial charge in [-0.05, 0) is 6.42 Å². The maximum absolute atomic E-state index is 6.69. The van der Waals surface area contributed by atoms with E-state index in [9.17, 15) is 0 Å². The molecule has 3 aliphatic heterocycles. The number of ether oxygens (including phenoxy) is 13.